The minimum atomic E-state index is -4.84. The van der Waals surface area contributed by atoms with E-state index >= 15 is 0 Å². The number of ether oxygens (including phenoxy) is 1. The molecule has 88 valence electrons. The number of halogens is 4. The fraction of sp³-hybridized carbons (Fsp3) is 0.250. The molecule has 0 saturated carbocycles. The van der Waals surface area contributed by atoms with Gasteiger partial charge in [-0.2, -0.15) is 0 Å². The SMILES string of the molecule is NC(=O)Cc1ccc(OC(F)(F)F)c(Cl)n1. The number of nitrogens with two attached hydrogens (primary N) is 1. The number of alkyl halides is 3. The number of carbonyl (C=O) groups is 1. The molecule has 4 nitrogen and oxygen atoms in total. The van der Waals surface area contributed by atoms with Crippen molar-refractivity contribution in [2.24, 2.45) is 5.73 Å². The number of aromatic nitrogens is 1. The number of nitrogens with zero attached hydrogens (tertiary/aromatic N) is 1. The Kier molecular flexibility index (Phi) is 3.58. The Morgan fingerprint density at radius 2 is 2.12 bits per heavy atom. The van der Waals surface area contributed by atoms with Crippen LogP contribution in [0.1, 0.15) is 5.69 Å². The highest BCUT2D eigenvalue weighted by molar-refractivity contribution is 6.30. The van der Waals surface area contributed by atoms with Crippen LogP contribution in [0.25, 0.3) is 0 Å². The molecule has 0 saturated heterocycles. The van der Waals surface area contributed by atoms with Crippen LogP contribution in [0.2, 0.25) is 5.15 Å². The summed E-state index contributed by atoms with van der Waals surface area (Å²) >= 11 is 5.43. The topological polar surface area (TPSA) is 65.2 Å². The lowest BCUT2D eigenvalue weighted by Gasteiger charge is -2.10. The Hall–Kier alpha value is -1.50. The van der Waals surface area contributed by atoms with Crippen molar-refractivity contribution in [2.45, 2.75) is 12.8 Å². The first-order valence-corrected chi connectivity index (χ1v) is 4.35. The maximum absolute atomic E-state index is 11.8. The largest absolute Gasteiger partial charge is 0.573 e. The van der Waals surface area contributed by atoms with Gasteiger partial charge in [0.15, 0.2) is 10.9 Å². The smallest absolute Gasteiger partial charge is 0.402 e. The van der Waals surface area contributed by atoms with E-state index in [-0.39, 0.29) is 12.1 Å². The number of pyridine rings is 1. The van der Waals surface area contributed by atoms with E-state index in [4.69, 9.17) is 17.3 Å². The van der Waals surface area contributed by atoms with Gasteiger partial charge in [-0.15, -0.1) is 13.2 Å². The number of hydrogen-bond acceptors (Lipinski definition) is 3. The van der Waals surface area contributed by atoms with Gasteiger partial charge >= 0.3 is 6.36 Å². The van der Waals surface area contributed by atoms with E-state index in [1.165, 1.54) is 6.07 Å². The minimum Gasteiger partial charge on any atom is -0.402 e. The van der Waals surface area contributed by atoms with Crippen LogP contribution in [0, 0.1) is 0 Å². The highest BCUT2D eigenvalue weighted by Gasteiger charge is 2.32. The van der Waals surface area contributed by atoms with E-state index < -0.39 is 23.2 Å². The number of carbonyl (C=O) groups excluding carboxylic acids is 1. The van der Waals surface area contributed by atoms with Crippen LogP contribution >= 0.6 is 11.6 Å². The molecule has 0 aliphatic rings. The van der Waals surface area contributed by atoms with Crippen LogP contribution in [0.15, 0.2) is 12.1 Å². The molecule has 0 fully saturated rings. The van der Waals surface area contributed by atoms with Gasteiger partial charge in [0, 0.05) is 0 Å². The van der Waals surface area contributed by atoms with E-state index in [1.54, 1.807) is 0 Å². The first-order chi connectivity index (χ1) is 7.28. The predicted octanol–water partition coefficient (Wildman–Crippen LogP) is 1.66. The third-order valence-electron chi connectivity index (χ3n) is 1.45. The van der Waals surface area contributed by atoms with E-state index in [2.05, 4.69) is 9.72 Å². The third-order valence-corrected chi connectivity index (χ3v) is 1.72. The molecule has 16 heavy (non-hydrogen) atoms. The van der Waals surface area contributed by atoms with Crippen LogP contribution in [0.4, 0.5) is 13.2 Å². The molecule has 0 radical (unpaired) electrons. The van der Waals surface area contributed by atoms with Crippen LogP contribution < -0.4 is 10.5 Å². The number of primary amides is 1. The molecule has 1 rings (SSSR count). The average molecular weight is 255 g/mol. The number of amides is 1. The van der Waals surface area contributed by atoms with Gasteiger partial charge in [-0.05, 0) is 12.1 Å². The lowest BCUT2D eigenvalue weighted by atomic mass is 10.2. The molecule has 1 aromatic rings. The summed E-state index contributed by atoms with van der Waals surface area (Å²) in [6.45, 7) is 0. The van der Waals surface area contributed by atoms with E-state index in [0.29, 0.717) is 0 Å². The Morgan fingerprint density at radius 1 is 1.50 bits per heavy atom. The van der Waals surface area contributed by atoms with Crippen molar-refractivity contribution in [3.63, 3.8) is 0 Å². The monoisotopic (exact) mass is 254 g/mol. The lowest BCUT2D eigenvalue weighted by Crippen LogP contribution is -2.18. The van der Waals surface area contributed by atoms with Gasteiger partial charge < -0.3 is 10.5 Å². The molecular formula is C8H6ClF3N2O2. The Bertz CT molecular complexity index is 409. The van der Waals surface area contributed by atoms with Crippen LogP contribution in [-0.2, 0) is 11.2 Å². The van der Waals surface area contributed by atoms with Gasteiger partial charge in [-0.25, -0.2) is 4.98 Å². The predicted molar refractivity (Wildman–Crippen MR) is 48.8 cm³/mol. The lowest BCUT2D eigenvalue weighted by molar-refractivity contribution is -0.274. The summed E-state index contributed by atoms with van der Waals surface area (Å²) in [4.78, 5) is 14.1. The molecule has 0 aromatic carbocycles. The fourth-order valence-corrected chi connectivity index (χ4v) is 1.15. The Balaban J connectivity index is 2.87. The maximum atomic E-state index is 11.8. The number of rotatable bonds is 3. The second-order valence-electron chi connectivity index (χ2n) is 2.78. The van der Waals surface area contributed by atoms with Gasteiger partial charge in [-0.1, -0.05) is 11.6 Å². The summed E-state index contributed by atoms with van der Waals surface area (Å²) in [5.74, 6) is -1.28. The molecule has 0 unspecified atom stereocenters. The first-order valence-electron chi connectivity index (χ1n) is 3.97. The molecule has 0 aliphatic carbocycles. The molecule has 1 aromatic heterocycles. The second kappa shape index (κ2) is 4.56. The van der Waals surface area contributed by atoms with Crippen molar-refractivity contribution in [3.05, 3.63) is 23.0 Å². The van der Waals surface area contributed by atoms with Crippen molar-refractivity contribution in [1.29, 1.82) is 0 Å². The molecule has 0 bridgehead atoms. The fourth-order valence-electron chi connectivity index (χ4n) is 0.937. The van der Waals surface area contributed by atoms with Gasteiger partial charge in [-0.3, -0.25) is 4.79 Å². The summed E-state index contributed by atoms with van der Waals surface area (Å²) in [6.07, 6.45) is -5.04. The van der Waals surface area contributed by atoms with Crippen molar-refractivity contribution in [3.8, 4) is 5.75 Å². The summed E-state index contributed by atoms with van der Waals surface area (Å²) in [6, 6.07) is 2.15. The summed E-state index contributed by atoms with van der Waals surface area (Å²) < 4.78 is 39.1. The molecule has 1 amide bonds. The van der Waals surface area contributed by atoms with Crippen LogP contribution in [-0.4, -0.2) is 17.3 Å². The van der Waals surface area contributed by atoms with Crippen molar-refractivity contribution in [2.75, 3.05) is 0 Å². The van der Waals surface area contributed by atoms with Crippen molar-refractivity contribution >= 4 is 17.5 Å². The van der Waals surface area contributed by atoms with E-state index in [0.717, 1.165) is 6.07 Å². The van der Waals surface area contributed by atoms with Gasteiger partial charge in [0.1, 0.15) is 0 Å². The van der Waals surface area contributed by atoms with Crippen molar-refractivity contribution in [1.82, 2.24) is 4.98 Å². The van der Waals surface area contributed by atoms with E-state index in [9.17, 15) is 18.0 Å². The standard InChI is InChI=1S/C8H6ClF3N2O2/c9-7-5(16-8(10,11)12)2-1-4(14-7)3-6(13)15/h1-2H,3H2,(H2,13,15). The Morgan fingerprint density at radius 3 is 2.56 bits per heavy atom. The first kappa shape index (κ1) is 12.6. The molecule has 1 heterocycles. The van der Waals surface area contributed by atoms with Gasteiger partial charge in [0.05, 0.1) is 12.1 Å². The minimum absolute atomic E-state index is 0.173. The molecule has 2 N–H and O–H groups in total. The van der Waals surface area contributed by atoms with E-state index in [1.807, 2.05) is 0 Å². The highest BCUT2D eigenvalue weighted by Crippen LogP contribution is 2.28. The summed E-state index contributed by atoms with van der Waals surface area (Å²) in [5, 5.41) is -0.476. The highest BCUT2D eigenvalue weighted by atomic mass is 35.5. The number of hydrogen-bond donors (Lipinski definition) is 1. The maximum Gasteiger partial charge on any atom is 0.573 e. The normalized spacial score (nSPS) is 11.2. The zero-order chi connectivity index (χ0) is 12.3. The average Bonchev–Trinajstić information content (AvgIpc) is 2.06. The van der Waals surface area contributed by atoms with Crippen LogP contribution in [0.3, 0.4) is 0 Å². The molecule has 0 spiro atoms. The second-order valence-corrected chi connectivity index (χ2v) is 3.14. The zero-order valence-electron chi connectivity index (χ0n) is 7.71. The Labute approximate surface area is 93.2 Å². The summed E-state index contributed by atoms with van der Waals surface area (Å²) in [7, 11) is 0. The molecule has 0 aliphatic heterocycles. The third kappa shape index (κ3) is 3.93. The van der Waals surface area contributed by atoms with Crippen LogP contribution in [0.5, 0.6) is 5.75 Å². The quantitative estimate of drug-likeness (QED) is 0.835. The van der Waals surface area contributed by atoms with Gasteiger partial charge in [0.25, 0.3) is 0 Å². The molecule has 0 atom stereocenters. The zero-order valence-corrected chi connectivity index (χ0v) is 8.47. The molecule has 8 heteroatoms. The summed E-state index contributed by atoms with van der Waals surface area (Å²) in [5.41, 5.74) is 5.05. The van der Waals surface area contributed by atoms with Gasteiger partial charge in [0.2, 0.25) is 5.91 Å². The molecular weight excluding hydrogens is 249 g/mol. The van der Waals surface area contributed by atoms with Crippen molar-refractivity contribution < 1.29 is 22.7 Å².